The summed E-state index contributed by atoms with van der Waals surface area (Å²) < 4.78 is 0. The van der Waals surface area contributed by atoms with Gasteiger partial charge in [-0.25, -0.2) is 10.8 Å². The molecule has 0 unspecified atom stereocenters. The molecule has 0 nitrogen and oxygen atoms in total. The molecule has 0 atom stereocenters. The molecule has 0 radical (unpaired) electrons. The standard InChI is InChI=1S/C9H15Si.2ClH.Hf/c1-8-6-5-7-9(8)10(2,3)4;;;/h7H,5H2,1-4H3;2*1H;/q-1;;;. The Kier molecular flexibility index (Phi) is 11.3. The van der Waals surface area contributed by atoms with Crippen LogP contribution in [0, 0.1) is 6.08 Å². The van der Waals surface area contributed by atoms with Crippen LogP contribution in [-0.2, 0) is 25.8 Å². The Morgan fingerprint density at radius 2 is 1.69 bits per heavy atom. The van der Waals surface area contributed by atoms with E-state index in [0.717, 1.165) is 6.42 Å². The van der Waals surface area contributed by atoms with Gasteiger partial charge in [0.05, 0.1) is 0 Å². The van der Waals surface area contributed by atoms with Gasteiger partial charge in [-0.1, -0.05) is 26.6 Å². The van der Waals surface area contributed by atoms with Crippen LogP contribution in [-0.4, -0.2) is 8.07 Å². The van der Waals surface area contributed by atoms with Crippen LogP contribution in [0.5, 0.6) is 0 Å². The van der Waals surface area contributed by atoms with Crippen LogP contribution < -0.4 is 0 Å². The van der Waals surface area contributed by atoms with Crippen molar-refractivity contribution in [2.45, 2.75) is 33.0 Å². The minimum atomic E-state index is -1.03. The molecule has 13 heavy (non-hydrogen) atoms. The van der Waals surface area contributed by atoms with Crippen LogP contribution in [0.2, 0.25) is 19.6 Å². The Morgan fingerprint density at radius 3 is 1.85 bits per heavy atom. The van der Waals surface area contributed by atoms with Gasteiger partial charge in [0, 0.05) is 25.8 Å². The summed E-state index contributed by atoms with van der Waals surface area (Å²) in [7, 11) is -1.03. The third kappa shape index (κ3) is 5.56. The molecule has 0 fully saturated rings. The molecule has 0 bridgehead atoms. The molecule has 0 heterocycles. The maximum Gasteiger partial charge on any atom is 0 e. The van der Waals surface area contributed by atoms with Crippen molar-refractivity contribution in [1.82, 2.24) is 0 Å². The zero-order chi connectivity index (χ0) is 7.78. The monoisotopic (exact) mass is 403 g/mol. The second kappa shape index (κ2) is 7.44. The Labute approximate surface area is 114 Å². The van der Waals surface area contributed by atoms with Crippen molar-refractivity contribution in [3.05, 3.63) is 22.9 Å². The largest absolute Gasteiger partial charge is 0.270 e. The Bertz CT molecular complexity index is 204. The molecule has 0 aromatic rings. The van der Waals surface area contributed by atoms with Crippen molar-refractivity contribution in [1.29, 1.82) is 0 Å². The van der Waals surface area contributed by atoms with E-state index in [1.807, 2.05) is 0 Å². The molecule has 0 aromatic heterocycles. The molecule has 0 aromatic carbocycles. The first kappa shape index (κ1) is 19.7. The van der Waals surface area contributed by atoms with Gasteiger partial charge in [0.25, 0.3) is 0 Å². The minimum absolute atomic E-state index is 0. The number of hydrogen-bond donors (Lipinski definition) is 0. The Hall–Kier alpha value is 1.15. The molecule has 0 saturated heterocycles. The van der Waals surface area contributed by atoms with Gasteiger partial charge in [0.1, 0.15) is 0 Å². The predicted octanol–water partition coefficient (Wildman–Crippen LogP) is 3.78. The summed E-state index contributed by atoms with van der Waals surface area (Å²) in [6.45, 7) is 9.33. The average molecular weight is 403 g/mol. The van der Waals surface area contributed by atoms with Crippen LogP contribution in [0.3, 0.4) is 0 Å². The maximum absolute atomic E-state index is 3.33. The van der Waals surface area contributed by atoms with Crippen molar-refractivity contribution in [2.75, 3.05) is 0 Å². The van der Waals surface area contributed by atoms with Gasteiger partial charge >= 0.3 is 0 Å². The Balaban J connectivity index is -0.000000333. The van der Waals surface area contributed by atoms with E-state index in [9.17, 15) is 0 Å². The minimum Gasteiger partial charge on any atom is -0.270 e. The van der Waals surface area contributed by atoms with Crippen molar-refractivity contribution in [3.8, 4) is 0 Å². The van der Waals surface area contributed by atoms with E-state index in [4.69, 9.17) is 0 Å². The van der Waals surface area contributed by atoms with Crippen molar-refractivity contribution in [2.24, 2.45) is 0 Å². The van der Waals surface area contributed by atoms with E-state index in [0.29, 0.717) is 0 Å². The van der Waals surface area contributed by atoms with Gasteiger partial charge in [-0.3, -0.25) is 6.08 Å². The Morgan fingerprint density at radius 1 is 1.23 bits per heavy atom. The summed E-state index contributed by atoms with van der Waals surface area (Å²) in [5, 5.41) is 1.60. The van der Waals surface area contributed by atoms with E-state index < -0.39 is 8.07 Å². The first-order chi connectivity index (χ1) is 4.52. The van der Waals surface area contributed by atoms with Gasteiger partial charge in [0.2, 0.25) is 0 Å². The van der Waals surface area contributed by atoms with Crippen molar-refractivity contribution >= 4 is 32.9 Å². The summed E-state index contributed by atoms with van der Waals surface area (Å²) in [4.78, 5) is 0. The van der Waals surface area contributed by atoms with E-state index in [-0.39, 0.29) is 50.7 Å². The van der Waals surface area contributed by atoms with Gasteiger partial charge in [-0.15, -0.1) is 31.2 Å². The van der Waals surface area contributed by atoms with Gasteiger partial charge in [0.15, 0.2) is 0 Å². The molecule has 4 heteroatoms. The first-order valence-electron chi connectivity index (χ1n) is 3.80. The van der Waals surface area contributed by atoms with Crippen LogP contribution in [0.15, 0.2) is 16.8 Å². The molecule has 0 N–H and O–H groups in total. The molecule has 0 amide bonds. The van der Waals surface area contributed by atoms with E-state index >= 15 is 0 Å². The van der Waals surface area contributed by atoms with E-state index in [1.54, 1.807) is 5.20 Å². The molecule has 0 saturated carbocycles. The van der Waals surface area contributed by atoms with Gasteiger partial charge < -0.3 is 0 Å². The van der Waals surface area contributed by atoms with Crippen molar-refractivity contribution in [3.63, 3.8) is 0 Å². The molecular formula is C9H17Cl2HfSi-. The maximum atomic E-state index is 3.33. The molecule has 1 rings (SSSR count). The second-order valence-corrected chi connectivity index (χ2v) is 8.91. The van der Waals surface area contributed by atoms with E-state index in [2.05, 4.69) is 38.7 Å². The predicted molar refractivity (Wildman–Crippen MR) is 63.0 cm³/mol. The average Bonchev–Trinajstić information content (AvgIpc) is 2.11. The number of halogens is 2. The summed E-state index contributed by atoms with van der Waals surface area (Å²) in [5.74, 6) is 0. The zero-order valence-corrected chi connectivity index (χ0v) is 14.8. The SMILES string of the molecule is CC1=[C-]CC=C1[Si](C)(C)C.Cl.Cl.[Hf]. The molecule has 76 valence electrons. The third-order valence-electron chi connectivity index (χ3n) is 1.89. The van der Waals surface area contributed by atoms with Crippen LogP contribution >= 0.6 is 24.8 Å². The van der Waals surface area contributed by atoms with Crippen molar-refractivity contribution < 1.29 is 25.8 Å². The van der Waals surface area contributed by atoms with Crippen LogP contribution in [0.4, 0.5) is 0 Å². The fourth-order valence-electron chi connectivity index (χ4n) is 1.42. The van der Waals surface area contributed by atoms with E-state index in [1.165, 1.54) is 5.57 Å². The zero-order valence-electron chi connectivity index (χ0n) is 8.60. The third-order valence-corrected chi connectivity index (χ3v) is 4.08. The normalized spacial score (nSPS) is 14.5. The second-order valence-electron chi connectivity index (χ2n) is 3.87. The molecule has 0 spiro atoms. The summed E-state index contributed by atoms with van der Waals surface area (Å²) in [5.41, 5.74) is 1.40. The fourth-order valence-corrected chi connectivity index (χ4v) is 3.35. The number of allylic oxidation sites excluding steroid dienone is 4. The molecular weight excluding hydrogens is 386 g/mol. The fraction of sp³-hybridized carbons (Fsp3) is 0.556. The summed E-state index contributed by atoms with van der Waals surface area (Å²) in [6.07, 6.45) is 6.72. The quantitative estimate of drug-likeness (QED) is 0.462. The summed E-state index contributed by atoms with van der Waals surface area (Å²) >= 11 is 0. The topological polar surface area (TPSA) is 0 Å². The molecule has 1 aliphatic rings. The first-order valence-corrected chi connectivity index (χ1v) is 7.30. The number of hydrogen-bond acceptors (Lipinski definition) is 0. The van der Waals surface area contributed by atoms with Gasteiger partial charge in [-0.2, -0.15) is 6.08 Å². The summed E-state index contributed by atoms with van der Waals surface area (Å²) in [6, 6.07) is 0. The van der Waals surface area contributed by atoms with Gasteiger partial charge in [-0.05, 0) is 8.07 Å². The molecule has 1 aliphatic carbocycles. The molecule has 0 aliphatic heterocycles. The van der Waals surface area contributed by atoms with Crippen LogP contribution in [0.1, 0.15) is 13.3 Å². The smallest absolute Gasteiger partial charge is 0 e. The van der Waals surface area contributed by atoms with Crippen LogP contribution in [0.25, 0.3) is 0 Å². The number of rotatable bonds is 1.